The number of imide groups is 1. The van der Waals surface area contributed by atoms with E-state index < -0.39 is 0 Å². The quantitative estimate of drug-likeness (QED) is 0.569. The van der Waals surface area contributed by atoms with Gasteiger partial charge in [0.2, 0.25) is 11.8 Å². The molecule has 1 aliphatic heterocycles. The maximum Gasteiger partial charge on any atom is 0.231 e. The fourth-order valence-electron chi connectivity index (χ4n) is 3.14. The predicted octanol–water partition coefficient (Wildman–Crippen LogP) is -0.566. The molecule has 2 aliphatic carbocycles. The van der Waals surface area contributed by atoms with Crippen molar-refractivity contribution in [3.63, 3.8) is 0 Å². The van der Waals surface area contributed by atoms with Crippen LogP contribution in [-0.4, -0.2) is 27.2 Å². The molecule has 1 aromatic rings. The van der Waals surface area contributed by atoms with Gasteiger partial charge in [-0.25, -0.2) is 0 Å². The summed E-state index contributed by atoms with van der Waals surface area (Å²) in [6.45, 7) is 0. The zero-order valence-electron chi connectivity index (χ0n) is 8.18. The summed E-state index contributed by atoms with van der Waals surface area (Å²) in [5.74, 6) is -0.623. The van der Waals surface area contributed by atoms with Crippen LogP contribution >= 0.6 is 0 Å². The molecular weight excluding hydrogens is 208 g/mol. The molecule has 1 saturated carbocycles. The van der Waals surface area contributed by atoms with E-state index in [1.807, 2.05) is 12.2 Å². The lowest BCUT2D eigenvalue weighted by Gasteiger charge is -2.44. The number of hydrogen-bond acceptors (Lipinski definition) is 4. The first-order chi connectivity index (χ1) is 7.77. The first kappa shape index (κ1) is 8.20. The number of nitrogens with zero attached hydrogens (tertiary/aromatic N) is 2. The minimum absolute atomic E-state index is 0.0233. The van der Waals surface area contributed by atoms with Crippen LogP contribution in [0.2, 0.25) is 0 Å². The summed E-state index contributed by atoms with van der Waals surface area (Å²) in [5.41, 5.74) is 1.60. The molecule has 0 spiro atoms. The normalized spacial score (nSPS) is 38.5. The summed E-state index contributed by atoms with van der Waals surface area (Å²) in [4.78, 5) is 23.2. The summed E-state index contributed by atoms with van der Waals surface area (Å²) in [6.07, 6.45) is 3.83. The van der Waals surface area contributed by atoms with Crippen LogP contribution in [0, 0.1) is 17.8 Å². The molecule has 4 atom stereocenters. The largest absolute Gasteiger partial charge is 0.296 e. The number of H-pyrrole nitrogens is 1. The smallest absolute Gasteiger partial charge is 0.231 e. The van der Waals surface area contributed by atoms with E-state index in [-0.39, 0.29) is 35.5 Å². The monoisotopic (exact) mass is 216 g/mol. The second kappa shape index (κ2) is 2.40. The number of amides is 2. The molecule has 6 heteroatoms. The lowest BCUT2D eigenvalue weighted by atomic mass is 9.55. The Bertz CT molecular complexity index is 547. The molecule has 4 rings (SSSR count). The Balaban J connectivity index is 1.85. The molecule has 0 bridgehead atoms. The number of fused-ring (bicyclic) bond motifs is 6. The third kappa shape index (κ3) is 0.720. The summed E-state index contributed by atoms with van der Waals surface area (Å²) in [6, 6.07) is 0. The molecule has 2 N–H and O–H groups in total. The molecule has 1 aromatic heterocycles. The van der Waals surface area contributed by atoms with Crippen molar-refractivity contribution in [3.05, 3.63) is 17.5 Å². The Morgan fingerprint density at radius 3 is 2.75 bits per heavy atom. The minimum atomic E-state index is -0.244. The number of nitrogens with one attached hydrogen (secondary N) is 2. The van der Waals surface area contributed by atoms with E-state index in [4.69, 9.17) is 0 Å². The van der Waals surface area contributed by atoms with Crippen molar-refractivity contribution in [3.8, 4) is 0 Å². The van der Waals surface area contributed by atoms with Gasteiger partial charge in [-0.05, 0) is 12.0 Å². The molecule has 2 fully saturated rings. The van der Waals surface area contributed by atoms with Crippen molar-refractivity contribution in [2.24, 2.45) is 17.8 Å². The van der Waals surface area contributed by atoms with Gasteiger partial charge in [0.05, 0.1) is 17.5 Å². The van der Waals surface area contributed by atoms with Crippen LogP contribution in [0.1, 0.15) is 17.3 Å². The van der Waals surface area contributed by atoms with Crippen LogP contribution in [0.15, 0.2) is 6.08 Å². The molecular formula is C10H8N4O2. The highest BCUT2D eigenvalue weighted by Gasteiger charge is 2.62. The van der Waals surface area contributed by atoms with E-state index in [0.717, 1.165) is 11.4 Å². The molecule has 16 heavy (non-hydrogen) atoms. The van der Waals surface area contributed by atoms with Crippen LogP contribution in [0.4, 0.5) is 0 Å². The molecule has 2 amide bonds. The van der Waals surface area contributed by atoms with Gasteiger partial charge in [-0.1, -0.05) is 6.08 Å². The third-order valence-corrected chi connectivity index (χ3v) is 3.85. The van der Waals surface area contributed by atoms with Gasteiger partial charge in [-0.2, -0.15) is 15.4 Å². The fraction of sp³-hybridized carbons (Fsp3) is 0.400. The second-order valence-electron chi connectivity index (χ2n) is 4.46. The first-order valence-corrected chi connectivity index (χ1v) is 5.21. The molecule has 80 valence electrons. The number of aromatic nitrogens is 3. The van der Waals surface area contributed by atoms with Gasteiger partial charge >= 0.3 is 0 Å². The first-order valence-electron chi connectivity index (χ1n) is 5.21. The van der Waals surface area contributed by atoms with Crippen molar-refractivity contribution in [2.75, 3.05) is 0 Å². The molecule has 0 aromatic carbocycles. The second-order valence-corrected chi connectivity index (χ2v) is 4.46. The van der Waals surface area contributed by atoms with Crippen molar-refractivity contribution in [1.29, 1.82) is 0 Å². The summed E-state index contributed by atoms with van der Waals surface area (Å²) < 4.78 is 0. The van der Waals surface area contributed by atoms with Crippen LogP contribution in [0.25, 0.3) is 6.08 Å². The van der Waals surface area contributed by atoms with E-state index >= 15 is 0 Å². The number of aromatic amines is 1. The van der Waals surface area contributed by atoms with Crippen molar-refractivity contribution >= 4 is 17.9 Å². The molecule has 2 heterocycles. The zero-order chi connectivity index (χ0) is 10.9. The average molecular weight is 216 g/mol. The maximum absolute atomic E-state index is 11.6. The topological polar surface area (TPSA) is 87.7 Å². The number of carbonyl (C=O) groups is 2. The van der Waals surface area contributed by atoms with Crippen molar-refractivity contribution in [1.82, 2.24) is 20.7 Å². The van der Waals surface area contributed by atoms with Crippen LogP contribution < -0.4 is 5.32 Å². The average Bonchev–Trinajstić information content (AvgIpc) is 2.72. The van der Waals surface area contributed by atoms with Crippen molar-refractivity contribution < 1.29 is 9.59 Å². The fourth-order valence-corrected chi connectivity index (χ4v) is 3.14. The Kier molecular flexibility index (Phi) is 1.23. The zero-order valence-corrected chi connectivity index (χ0v) is 8.18. The summed E-state index contributed by atoms with van der Waals surface area (Å²) in [5, 5.41) is 13.0. The molecule has 6 nitrogen and oxygen atoms in total. The maximum atomic E-state index is 11.6. The van der Waals surface area contributed by atoms with E-state index in [2.05, 4.69) is 20.7 Å². The highest BCUT2D eigenvalue weighted by atomic mass is 16.2. The molecule has 0 radical (unpaired) electrons. The van der Waals surface area contributed by atoms with Gasteiger partial charge in [0.1, 0.15) is 5.69 Å². The van der Waals surface area contributed by atoms with Crippen LogP contribution in [0.5, 0.6) is 0 Å². The Morgan fingerprint density at radius 2 is 1.88 bits per heavy atom. The lowest BCUT2D eigenvalue weighted by Crippen LogP contribution is -2.47. The number of allylic oxidation sites excluding steroid dienone is 1. The van der Waals surface area contributed by atoms with E-state index in [9.17, 15) is 9.59 Å². The number of carbonyl (C=O) groups excluding carboxylic acids is 2. The molecule has 3 aliphatic rings. The van der Waals surface area contributed by atoms with E-state index in [1.165, 1.54) is 0 Å². The highest BCUT2D eigenvalue weighted by molar-refractivity contribution is 6.07. The van der Waals surface area contributed by atoms with Gasteiger partial charge in [-0.3, -0.25) is 14.9 Å². The summed E-state index contributed by atoms with van der Waals surface area (Å²) >= 11 is 0. The molecule has 1 saturated heterocycles. The Morgan fingerprint density at radius 1 is 1.06 bits per heavy atom. The minimum Gasteiger partial charge on any atom is -0.296 e. The Hall–Kier alpha value is -1.98. The van der Waals surface area contributed by atoms with Gasteiger partial charge in [0.25, 0.3) is 0 Å². The van der Waals surface area contributed by atoms with Crippen molar-refractivity contribution in [2.45, 2.75) is 5.92 Å². The SMILES string of the molecule is O=C1NC(=O)[C@H]2[C@@H]1[C@@H]1C=Cc3n[nH]nc3[C@@H]12. The summed E-state index contributed by atoms with van der Waals surface area (Å²) in [7, 11) is 0. The number of hydrogen-bond donors (Lipinski definition) is 2. The standard InChI is InChI=1S/C10H8N4O2/c15-9-6-3-1-2-4-8(13-14-12-4)5(3)7(6)10(16)11-9/h1-3,5-7H,(H,11,15,16)(H,12,13,14)/t3-,5+,6+,7-/m1/s1. The highest BCUT2D eigenvalue weighted by Crippen LogP contribution is 2.57. The number of rotatable bonds is 0. The van der Waals surface area contributed by atoms with Gasteiger partial charge in [0, 0.05) is 5.92 Å². The van der Waals surface area contributed by atoms with E-state index in [0.29, 0.717) is 0 Å². The van der Waals surface area contributed by atoms with E-state index in [1.54, 1.807) is 0 Å². The van der Waals surface area contributed by atoms with Gasteiger partial charge < -0.3 is 0 Å². The Labute approximate surface area is 90.1 Å². The molecule has 0 unspecified atom stereocenters. The van der Waals surface area contributed by atoms with Gasteiger partial charge in [0.15, 0.2) is 0 Å². The van der Waals surface area contributed by atoms with Crippen LogP contribution in [-0.2, 0) is 9.59 Å². The third-order valence-electron chi connectivity index (χ3n) is 3.85. The lowest BCUT2D eigenvalue weighted by molar-refractivity contribution is -0.129. The predicted molar refractivity (Wildman–Crippen MR) is 51.8 cm³/mol. The van der Waals surface area contributed by atoms with Crippen LogP contribution in [0.3, 0.4) is 0 Å². The van der Waals surface area contributed by atoms with Gasteiger partial charge in [-0.15, -0.1) is 0 Å².